The summed E-state index contributed by atoms with van der Waals surface area (Å²) in [7, 11) is 0. The molecule has 0 bridgehead atoms. The number of nitrogens with one attached hydrogen (secondary N) is 1. The smallest absolute Gasteiger partial charge is 0.123 e. The van der Waals surface area contributed by atoms with Gasteiger partial charge in [0.25, 0.3) is 0 Å². The summed E-state index contributed by atoms with van der Waals surface area (Å²) in [5, 5.41) is 4.13. The predicted molar refractivity (Wildman–Crippen MR) is 82.8 cm³/mol. The van der Waals surface area contributed by atoms with Crippen LogP contribution in [0.5, 0.6) is 0 Å². The van der Waals surface area contributed by atoms with Crippen LogP contribution < -0.4 is 5.32 Å². The lowest BCUT2D eigenvalue weighted by Crippen LogP contribution is -2.22. The summed E-state index contributed by atoms with van der Waals surface area (Å²) in [5.74, 6) is -0.207. The third kappa shape index (κ3) is 3.38. The first-order valence-electron chi connectivity index (χ1n) is 6.77. The minimum Gasteiger partial charge on any atom is -0.307 e. The topological polar surface area (TPSA) is 12.0 Å². The number of aryl methyl sites for hydroxylation is 2. The highest BCUT2D eigenvalue weighted by molar-refractivity contribution is 6.31. The normalized spacial score (nSPS) is 12.4. The lowest BCUT2D eigenvalue weighted by molar-refractivity contribution is 0.602. The van der Waals surface area contributed by atoms with Crippen molar-refractivity contribution < 1.29 is 4.39 Å². The lowest BCUT2D eigenvalue weighted by Gasteiger charge is -2.20. The summed E-state index contributed by atoms with van der Waals surface area (Å²) >= 11 is 6.21. The third-order valence-corrected chi connectivity index (χ3v) is 3.74. The average molecular weight is 292 g/mol. The Morgan fingerprint density at radius 1 is 1.10 bits per heavy atom. The van der Waals surface area contributed by atoms with Crippen LogP contribution in [0.25, 0.3) is 0 Å². The Balaban J connectivity index is 2.46. The van der Waals surface area contributed by atoms with Gasteiger partial charge in [0.15, 0.2) is 0 Å². The number of halogens is 2. The van der Waals surface area contributed by atoms with Gasteiger partial charge < -0.3 is 5.32 Å². The molecule has 20 heavy (non-hydrogen) atoms. The molecule has 1 nitrogen and oxygen atoms in total. The number of hydrogen-bond acceptors (Lipinski definition) is 1. The van der Waals surface area contributed by atoms with Gasteiger partial charge >= 0.3 is 0 Å². The monoisotopic (exact) mass is 291 g/mol. The van der Waals surface area contributed by atoms with Gasteiger partial charge in [0, 0.05) is 5.02 Å². The molecule has 1 unspecified atom stereocenters. The number of benzene rings is 2. The fourth-order valence-corrected chi connectivity index (χ4v) is 2.54. The van der Waals surface area contributed by atoms with Crippen molar-refractivity contribution in [2.24, 2.45) is 0 Å². The molecule has 0 aliphatic heterocycles. The third-order valence-electron chi connectivity index (χ3n) is 3.34. The standard InChI is InChI=1S/C17H19ClFN/c1-4-20-17(13-6-5-12(3)16(18)10-13)14-7-11(2)8-15(19)9-14/h5-10,17,20H,4H2,1-3H3. The molecule has 0 saturated carbocycles. The maximum Gasteiger partial charge on any atom is 0.123 e. The Morgan fingerprint density at radius 2 is 1.85 bits per heavy atom. The molecule has 3 heteroatoms. The molecule has 0 heterocycles. The minimum atomic E-state index is -0.207. The zero-order chi connectivity index (χ0) is 14.7. The maximum absolute atomic E-state index is 13.6. The lowest BCUT2D eigenvalue weighted by atomic mass is 9.96. The number of hydrogen-bond donors (Lipinski definition) is 1. The second-order valence-electron chi connectivity index (χ2n) is 5.06. The summed E-state index contributed by atoms with van der Waals surface area (Å²) in [6.45, 7) is 6.71. The van der Waals surface area contributed by atoms with Crippen LogP contribution in [0.4, 0.5) is 4.39 Å². The van der Waals surface area contributed by atoms with Crippen LogP contribution in [0.1, 0.15) is 35.2 Å². The van der Waals surface area contributed by atoms with Crippen LogP contribution in [0.2, 0.25) is 5.02 Å². The van der Waals surface area contributed by atoms with Crippen LogP contribution in [-0.2, 0) is 0 Å². The molecule has 0 amide bonds. The Morgan fingerprint density at radius 3 is 2.45 bits per heavy atom. The summed E-state index contributed by atoms with van der Waals surface area (Å²) in [4.78, 5) is 0. The molecule has 1 N–H and O–H groups in total. The van der Waals surface area contributed by atoms with E-state index in [2.05, 4.69) is 5.32 Å². The van der Waals surface area contributed by atoms with Crippen molar-refractivity contribution in [2.75, 3.05) is 6.54 Å². The van der Waals surface area contributed by atoms with Gasteiger partial charge in [0.1, 0.15) is 5.82 Å². The fourth-order valence-electron chi connectivity index (χ4n) is 2.35. The van der Waals surface area contributed by atoms with Crippen molar-refractivity contribution in [3.63, 3.8) is 0 Å². The van der Waals surface area contributed by atoms with Crippen molar-refractivity contribution in [1.29, 1.82) is 0 Å². The van der Waals surface area contributed by atoms with E-state index in [0.717, 1.165) is 33.8 Å². The molecule has 0 spiro atoms. The van der Waals surface area contributed by atoms with E-state index in [1.165, 1.54) is 6.07 Å². The van der Waals surface area contributed by atoms with Gasteiger partial charge in [-0.1, -0.05) is 36.7 Å². The van der Waals surface area contributed by atoms with Crippen LogP contribution >= 0.6 is 11.6 Å². The van der Waals surface area contributed by atoms with Crippen molar-refractivity contribution in [2.45, 2.75) is 26.8 Å². The highest BCUT2D eigenvalue weighted by Gasteiger charge is 2.15. The summed E-state index contributed by atoms with van der Waals surface area (Å²) < 4.78 is 13.6. The average Bonchev–Trinajstić information content (AvgIpc) is 2.38. The van der Waals surface area contributed by atoms with Crippen LogP contribution in [0.3, 0.4) is 0 Å². The zero-order valence-corrected chi connectivity index (χ0v) is 12.8. The molecule has 0 fully saturated rings. The van der Waals surface area contributed by atoms with Gasteiger partial charge in [-0.05, 0) is 60.8 Å². The Labute approximate surface area is 124 Å². The van der Waals surface area contributed by atoms with E-state index < -0.39 is 0 Å². The molecule has 0 saturated heterocycles. The van der Waals surface area contributed by atoms with E-state index in [1.807, 2.05) is 45.0 Å². The van der Waals surface area contributed by atoms with E-state index in [1.54, 1.807) is 6.07 Å². The first kappa shape index (κ1) is 15.0. The van der Waals surface area contributed by atoms with Crippen molar-refractivity contribution in [3.05, 3.63) is 69.5 Å². The van der Waals surface area contributed by atoms with E-state index >= 15 is 0 Å². The van der Waals surface area contributed by atoms with E-state index in [0.29, 0.717) is 0 Å². The summed E-state index contributed by atoms with van der Waals surface area (Å²) in [5.41, 5.74) is 3.93. The summed E-state index contributed by atoms with van der Waals surface area (Å²) in [6, 6.07) is 11.0. The largest absolute Gasteiger partial charge is 0.307 e. The molecule has 1 atom stereocenters. The highest BCUT2D eigenvalue weighted by atomic mass is 35.5. The predicted octanol–water partition coefficient (Wildman–Crippen LogP) is 4.79. The van der Waals surface area contributed by atoms with Gasteiger partial charge in [-0.25, -0.2) is 4.39 Å². The van der Waals surface area contributed by atoms with Crippen LogP contribution in [0.15, 0.2) is 36.4 Å². The SMILES string of the molecule is CCNC(c1cc(C)cc(F)c1)c1ccc(C)c(Cl)c1. The maximum atomic E-state index is 13.6. The molecule has 0 aliphatic carbocycles. The molecule has 2 rings (SSSR count). The van der Waals surface area contributed by atoms with Crippen LogP contribution in [0, 0.1) is 19.7 Å². The van der Waals surface area contributed by atoms with Crippen molar-refractivity contribution >= 4 is 11.6 Å². The van der Waals surface area contributed by atoms with Gasteiger partial charge in [-0.2, -0.15) is 0 Å². The van der Waals surface area contributed by atoms with Gasteiger partial charge in [0.2, 0.25) is 0 Å². The van der Waals surface area contributed by atoms with E-state index in [9.17, 15) is 4.39 Å². The molecule has 2 aromatic rings. The van der Waals surface area contributed by atoms with Gasteiger partial charge in [-0.3, -0.25) is 0 Å². The van der Waals surface area contributed by atoms with E-state index in [4.69, 9.17) is 11.6 Å². The summed E-state index contributed by atoms with van der Waals surface area (Å²) in [6.07, 6.45) is 0. The van der Waals surface area contributed by atoms with E-state index in [-0.39, 0.29) is 11.9 Å². The Hall–Kier alpha value is -1.38. The zero-order valence-electron chi connectivity index (χ0n) is 12.0. The molecular weight excluding hydrogens is 273 g/mol. The highest BCUT2D eigenvalue weighted by Crippen LogP contribution is 2.27. The van der Waals surface area contributed by atoms with Gasteiger partial charge in [0.05, 0.1) is 6.04 Å². The molecule has 2 aromatic carbocycles. The molecule has 106 valence electrons. The van der Waals surface area contributed by atoms with Crippen LogP contribution in [-0.4, -0.2) is 6.54 Å². The molecule has 0 aliphatic rings. The number of rotatable bonds is 4. The minimum absolute atomic E-state index is 0.0486. The Bertz CT molecular complexity index is 590. The Kier molecular flexibility index (Phi) is 4.79. The quantitative estimate of drug-likeness (QED) is 0.853. The first-order chi connectivity index (χ1) is 9.51. The molecule has 0 radical (unpaired) electrons. The fraction of sp³-hybridized carbons (Fsp3) is 0.294. The molecule has 0 aromatic heterocycles. The first-order valence-corrected chi connectivity index (χ1v) is 7.15. The molecular formula is C17H19ClFN. The second-order valence-corrected chi connectivity index (χ2v) is 5.47. The van der Waals surface area contributed by atoms with Crippen molar-refractivity contribution in [3.8, 4) is 0 Å². The van der Waals surface area contributed by atoms with Crippen molar-refractivity contribution in [1.82, 2.24) is 5.32 Å². The van der Waals surface area contributed by atoms with Gasteiger partial charge in [-0.15, -0.1) is 0 Å². The second kappa shape index (κ2) is 6.38.